The molecule has 0 aliphatic carbocycles. The van der Waals surface area contributed by atoms with Crippen molar-refractivity contribution in [2.24, 2.45) is 5.11 Å². The van der Waals surface area contributed by atoms with Crippen LogP contribution in [-0.2, 0) is 27.7 Å². The number of nitrogen functional groups attached to an aromatic ring is 1. The van der Waals surface area contributed by atoms with Crippen LogP contribution in [-0.4, -0.2) is 112 Å². The standard InChI is InChI=1S/C10H12N8O4.C6H14O12P2/c11-7-4-8(14-2-13-7)18(10(15-4)16-17-12)9-6(21)5(20)3(1-19)22-9;7-1-3(9)5(10)6(18-20(14,15)16)4(2-8)17-19(11,12)13/h2-3,5-6,9,19-21H,1H2,(H2,11,13,14);2-7,9-10H,1H2,(H2,11,12,13)(H2,14,15,16)/p-4/t3-,5-,6-,9-;3-,4+,5-,6-/m11/s1. The summed E-state index contributed by atoms with van der Waals surface area (Å²) in [4.78, 5) is 66.6. The Morgan fingerprint density at radius 3 is 2.26 bits per heavy atom. The number of ether oxygens (including phenoxy) is 1. The number of phosphoric acid groups is 2. The summed E-state index contributed by atoms with van der Waals surface area (Å²) in [6.45, 7) is -1.64. The first-order valence-electron chi connectivity index (χ1n) is 11.0. The van der Waals surface area contributed by atoms with Gasteiger partial charge in [-0.1, -0.05) is 0 Å². The zero-order valence-corrected chi connectivity index (χ0v) is 22.3. The van der Waals surface area contributed by atoms with Crippen molar-refractivity contribution in [1.29, 1.82) is 0 Å². The average molecular weight is 644 g/mol. The molecular formula is C16H22N8O16P2-4. The van der Waals surface area contributed by atoms with Crippen LogP contribution in [0.2, 0.25) is 0 Å². The third kappa shape index (κ3) is 8.89. The van der Waals surface area contributed by atoms with Gasteiger partial charge in [0.05, 0.1) is 28.9 Å². The molecule has 0 bridgehead atoms. The van der Waals surface area contributed by atoms with Crippen molar-refractivity contribution in [2.75, 3.05) is 18.9 Å². The summed E-state index contributed by atoms with van der Waals surface area (Å²) in [5.74, 6) is -0.0931. The molecule has 8 atom stereocenters. The van der Waals surface area contributed by atoms with E-state index in [4.69, 9.17) is 31.3 Å². The van der Waals surface area contributed by atoms with Crippen molar-refractivity contribution < 1.29 is 77.9 Å². The highest BCUT2D eigenvalue weighted by Crippen LogP contribution is 2.37. The fraction of sp³-hybridized carbons (Fsp3) is 0.625. The van der Waals surface area contributed by atoms with Gasteiger partial charge in [-0.05, 0) is 10.6 Å². The number of rotatable bonds is 12. The molecule has 24 nitrogen and oxygen atoms in total. The van der Waals surface area contributed by atoms with Crippen LogP contribution >= 0.6 is 15.6 Å². The number of aromatic nitrogens is 4. The lowest BCUT2D eigenvalue weighted by atomic mass is 10.0. The minimum atomic E-state index is -5.84. The number of imidazole rings is 1. The van der Waals surface area contributed by atoms with Gasteiger partial charge in [-0.15, -0.1) is 0 Å². The van der Waals surface area contributed by atoms with Crippen LogP contribution in [0.3, 0.4) is 0 Å². The van der Waals surface area contributed by atoms with E-state index in [0.29, 0.717) is 0 Å². The molecule has 0 aromatic carbocycles. The number of aliphatic hydroxyl groups excluding tert-OH is 6. The number of nitrogens with zero attached hydrogens (tertiary/aromatic N) is 7. The van der Waals surface area contributed by atoms with Gasteiger partial charge in [-0.3, -0.25) is 4.57 Å². The monoisotopic (exact) mass is 644 g/mol. The number of hydrogen-bond donors (Lipinski definition) is 7. The molecule has 1 fully saturated rings. The van der Waals surface area contributed by atoms with Gasteiger partial charge in [0.25, 0.3) is 0 Å². The highest BCUT2D eigenvalue weighted by Gasteiger charge is 2.45. The van der Waals surface area contributed by atoms with E-state index in [9.17, 15) is 48.8 Å². The normalized spacial score (nSPS) is 23.8. The average Bonchev–Trinajstić information content (AvgIpc) is 3.41. The summed E-state index contributed by atoms with van der Waals surface area (Å²) in [5.41, 5.74) is 14.7. The van der Waals surface area contributed by atoms with Gasteiger partial charge in [0.1, 0.15) is 49.1 Å². The fourth-order valence-electron chi connectivity index (χ4n) is 3.46. The molecule has 8 N–H and O–H groups in total. The van der Waals surface area contributed by atoms with Crippen molar-refractivity contribution in [3.05, 3.63) is 16.8 Å². The lowest BCUT2D eigenvalue weighted by Crippen LogP contribution is -2.50. The number of fused-ring (bicyclic) bond motifs is 1. The van der Waals surface area contributed by atoms with E-state index in [2.05, 4.69) is 34.0 Å². The molecule has 0 unspecified atom stereocenters. The third-order valence-electron chi connectivity index (χ3n) is 5.27. The minimum absolute atomic E-state index is 0.0601. The molecule has 0 radical (unpaired) electrons. The van der Waals surface area contributed by atoms with Crippen molar-refractivity contribution in [2.45, 2.75) is 49.0 Å². The van der Waals surface area contributed by atoms with Gasteiger partial charge in [0.2, 0.25) is 5.95 Å². The first kappa shape index (κ1) is 35.5. The molecule has 0 spiro atoms. The quantitative estimate of drug-likeness (QED) is 0.0371. The van der Waals surface area contributed by atoms with E-state index in [1.807, 2.05) is 0 Å². The number of carbonyl (C=O) groups excluding carboxylic acids is 1. The molecule has 236 valence electrons. The smallest absolute Gasteiger partial charge is 0.201 e. The number of aliphatic hydroxyl groups is 6. The highest BCUT2D eigenvalue weighted by molar-refractivity contribution is 7.43. The molecule has 2 aromatic heterocycles. The summed E-state index contributed by atoms with van der Waals surface area (Å²) >= 11 is 0. The Hall–Kier alpha value is -2.73. The van der Waals surface area contributed by atoms with Gasteiger partial charge in [0.15, 0.2) is 29.5 Å². The Labute approximate surface area is 232 Å². The molecule has 2 aromatic rings. The third-order valence-corrected chi connectivity index (χ3v) is 6.27. The SMILES string of the molecule is O=C[C@H](OP(=O)([O-])[O-])[C@@H](OP(=O)([O-])[O-])[C@H](O)[C@H](O)CO.[N-]=[N+]=Nc1nc2c(N)ncnc2n1[C@@H]1O[C@H](CO)[C@@H](O)[C@H]1O. The van der Waals surface area contributed by atoms with E-state index >= 15 is 0 Å². The Morgan fingerprint density at radius 1 is 1.17 bits per heavy atom. The molecule has 42 heavy (non-hydrogen) atoms. The van der Waals surface area contributed by atoms with Gasteiger partial charge in [-0.2, -0.15) is 0 Å². The number of carbonyl (C=O) groups is 1. The molecule has 26 heteroatoms. The summed E-state index contributed by atoms with van der Waals surface area (Å²) < 4.78 is 34.7. The molecule has 3 rings (SSSR count). The molecule has 1 aliphatic rings. The minimum Gasteiger partial charge on any atom is -0.790 e. The van der Waals surface area contributed by atoms with Crippen molar-refractivity contribution >= 4 is 44.9 Å². The molecule has 1 aliphatic heterocycles. The first-order chi connectivity index (χ1) is 19.5. The summed E-state index contributed by atoms with van der Waals surface area (Å²) in [6, 6.07) is 0. The zero-order valence-electron chi connectivity index (χ0n) is 20.6. The predicted octanol–water partition coefficient (Wildman–Crippen LogP) is -6.71. The number of anilines is 1. The van der Waals surface area contributed by atoms with Gasteiger partial charge in [0, 0.05) is 4.91 Å². The Balaban J connectivity index is 0.000000296. The number of nitrogens with two attached hydrogens (primary N) is 1. The predicted molar refractivity (Wildman–Crippen MR) is 122 cm³/mol. The van der Waals surface area contributed by atoms with Crippen LogP contribution < -0.4 is 25.3 Å². The van der Waals surface area contributed by atoms with Crippen LogP contribution in [0, 0.1) is 0 Å². The van der Waals surface area contributed by atoms with Crippen molar-refractivity contribution in [1.82, 2.24) is 19.5 Å². The topological polar surface area (TPSA) is 411 Å². The van der Waals surface area contributed by atoms with Crippen LogP contribution in [0.5, 0.6) is 0 Å². The largest absolute Gasteiger partial charge is 0.790 e. The second-order valence-electron chi connectivity index (χ2n) is 8.04. The maximum Gasteiger partial charge on any atom is 0.201 e. The van der Waals surface area contributed by atoms with E-state index in [0.717, 1.165) is 0 Å². The van der Waals surface area contributed by atoms with Crippen LogP contribution in [0.25, 0.3) is 21.6 Å². The van der Waals surface area contributed by atoms with Gasteiger partial charge >= 0.3 is 0 Å². The van der Waals surface area contributed by atoms with Crippen molar-refractivity contribution in [3.8, 4) is 0 Å². The fourth-order valence-corrected chi connectivity index (χ4v) is 4.47. The maximum absolute atomic E-state index is 10.6. The Morgan fingerprint density at radius 2 is 1.79 bits per heavy atom. The molecule has 0 amide bonds. The maximum atomic E-state index is 10.6. The van der Waals surface area contributed by atoms with Crippen LogP contribution in [0.4, 0.5) is 11.8 Å². The summed E-state index contributed by atoms with van der Waals surface area (Å²) in [6.07, 6.45) is -13.6. The second kappa shape index (κ2) is 14.6. The number of aldehydes is 1. The van der Waals surface area contributed by atoms with E-state index < -0.39 is 84.1 Å². The first-order valence-corrected chi connectivity index (χ1v) is 13.9. The van der Waals surface area contributed by atoms with E-state index in [-0.39, 0.29) is 22.9 Å². The van der Waals surface area contributed by atoms with Crippen LogP contribution in [0.15, 0.2) is 11.4 Å². The Kier molecular flexibility index (Phi) is 12.4. The summed E-state index contributed by atoms with van der Waals surface area (Å²) in [5, 5.41) is 59.5. The number of phosphoric ester groups is 2. The molecule has 3 heterocycles. The zero-order chi connectivity index (χ0) is 32.0. The lowest BCUT2D eigenvalue weighted by Gasteiger charge is -2.41. The number of hydrogen-bond acceptors (Lipinski definition) is 21. The molecule has 1 saturated heterocycles. The number of azide groups is 1. The molecule has 0 saturated carbocycles. The van der Waals surface area contributed by atoms with E-state index in [1.165, 1.54) is 10.9 Å². The van der Waals surface area contributed by atoms with Crippen molar-refractivity contribution in [3.63, 3.8) is 0 Å². The van der Waals surface area contributed by atoms with E-state index in [1.54, 1.807) is 0 Å². The second-order valence-corrected chi connectivity index (χ2v) is 10.3. The Bertz CT molecular complexity index is 1360. The molecular weight excluding hydrogens is 622 g/mol. The van der Waals surface area contributed by atoms with Crippen LogP contribution in [0.1, 0.15) is 6.23 Å². The highest BCUT2D eigenvalue weighted by atomic mass is 31.2. The summed E-state index contributed by atoms with van der Waals surface area (Å²) in [7, 11) is -11.6. The lowest BCUT2D eigenvalue weighted by molar-refractivity contribution is -0.357. The van der Waals surface area contributed by atoms with Gasteiger partial charge in [-0.25, -0.2) is 15.0 Å². The van der Waals surface area contributed by atoms with Gasteiger partial charge < -0.3 is 83.7 Å².